The Hall–Kier alpha value is -2.37. The van der Waals surface area contributed by atoms with E-state index in [1.54, 1.807) is 6.07 Å². The highest BCUT2D eigenvalue weighted by Gasteiger charge is 2.35. The third-order valence-electron chi connectivity index (χ3n) is 5.88. The fourth-order valence-corrected chi connectivity index (χ4v) is 4.61. The number of carbonyl (C=O) groups is 1. The molecule has 1 unspecified atom stereocenters. The molecule has 31 heavy (non-hydrogen) atoms. The third kappa shape index (κ3) is 5.86. The molecular weight excluding hydrogens is 393 g/mol. The Balaban J connectivity index is 2.03. The topological polar surface area (TPSA) is 56.6 Å². The number of ether oxygens (including phenoxy) is 1. The highest BCUT2D eigenvalue weighted by molar-refractivity contribution is 6.00. The van der Waals surface area contributed by atoms with Crippen LogP contribution in [-0.4, -0.2) is 35.0 Å². The van der Waals surface area contributed by atoms with Crippen molar-refractivity contribution in [3.63, 3.8) is 0 Å². The number of rotatable bonds is 3. The van der Waals surface area contributed by atoms with Gasteiger partial charge < -0.3 is 9.64 Å². The van der Waals surface area contributed by atoms with Crippen molar-refractivity contribution in [2.24, 2.45) is 5.92 Å². The molecule has 1 aliphatic heterocycles. The quantitative estimate of drug-likeness (QED) is 0.576. The van der Waals surface area contributed by atoms with Gasteiger partial charge in [-0.3, -0.25) is 10.3 Å². The molecule has 1 amide bonds. The van der Waals surface area contributed by atoms with Gasteiger partial charge in [0.2, 0.25) is 0 Å². The fraction of sp³-hybridized carbons (Fsp3) is 0.600. The van der Waals surface area contributed by atoms with Gasteiger partial charge in [-0.25, -0.2) is 9.18 Å². The van der Waals surface area contributed by atoms with Crippen molar-refractivity contribution in [3.8, 4) is 0 Å². The van der Waals surface area contributed by atoms with E-state index in [1.807, 2.05) is 25.7 Å². The van der Waals surface area contributed by atoms with Crippen LogP contribution in [0.15, 0.2) is 29.8 Å². The van der Waals surface area contributed by atoms with Crippen molar-refractivity contribution in [3.05, 3.63) is 41.2 Å². The number of amides is 1. The molecule has 6 heteroatoms. The lowest BCUT2D eigenvalue weighted by molar-refractivity contribution is 0.0265. The first kappa shape index (κ1) is 23.3. The number of carbonyl (C=O) groups excluding carboxylic acids is 1. The highest BCUT2D eigenvalue weighted by atomic mass is 19.1. The second kappa shape index (κ2) is 9.41. The van der Waals surface area contributed by atoms with Crippen molar-refractivity contribution >= 4 is 17.6 Å². The maximum atomic E-state index is 14.2. The van der Waals surface area contributed by atoms with Gasteiger partial charge in [0.15, 0.2) is 0 Å². The Bertz CT molecular complexity index is 849. The molecule has 1 N–H and O–H groups in total. The minimum absolute atomic E-state index is 0.0144. The van der Waals surface area contributed by atoms with Crippen molar-refractivity contribution in [1.82, 2.24) is 4.90 Å². The van der Waals surface area contributed by atoms with Gasteiger partial charge in [-0.05, 0) is 77.1 Å². The summed E-state index contributed by atoms with van der Waals surface area (Å²) in [6.45, 7) is 9.97. The SMILES string of the molecule is CC(C)=CC(C1CCCCC1)N1C(=N)CN(C(=O)OC(C)(C)C)Cc2cc(F)ccc21. The van der Waals surface area contributed by atoms with Gasteiger partial charge in [-0.1, -0.05) is 30.9 Å². The molecule has 1 aromatic rings. The van der Waals surface area contributed by atoms with Gasteiger partial charge in [-0.2, -0.15) is 0 Å². The molecule has 5 nitrogen and oxygen atoms in total. The average molecular weight is 430 g/mol. The number of benzene rings is 1. The Kier molecular flexibility index (Phi) is 7.07. The molecule has 0 radical (unpaired) electrons. The monoisotopic (exact) mass is 429 g/mol. The van der Waals surface area contributed by atoms with Crippen molar-refractivity contribution in [2.75, 3.05) is 11.4 Å². The molecule has 0 bridgehead atoms. The summed E-state index contributed by atoms with van der Waals surface area (Å²) in [6, 6.07) is 4.70. The zero-order valence-electron chi connectivity index (χ0n) is 19.5. The Morgan fingerprint density at radius 2 is 1.87 bits per heavy atom. The van der Waals surface area contributed by atoms with E-state index in [1.165, 1.54) is 41.9 Å². The van der Waals surface area contributed by atoms with Crippen LogP contribution >= 0.6 is 0 Å². The smallest absolute Gasteiger partial charge is 0.410 e. The molecular formula is C25H36FN3O2. The van der Waals surface area contributed by atoms with Gasteiger partial charge >= 0.3 is 6.09 Å². The summed E-state index contributed by atoms with van der Waals surface area (Å²) in [4.78, 5) is 16.4. The Morgan fingerprint density at radius 1 is 1.19 bits per heavy atom. The number of hydrogen-bond donors (Lipinski definition) is 1. The number of nitrogens with zero attached hydrogens (tertiary/aromatic N) is 2. The highest BCUT2D eigenvalue weighted by Crippen LogP contribution is 2.36. The first-order valence-corrected chi connectivity index (χ1v) is 11.3. The number of halogens is 1. The van der Waals surface area contributed by atoms with E-state index in [4.69, 9.17) is 10.1 Å². The molecule has 0 saturated heterocycles. The van der Waals surface area contributed by atoms with E-state index in [-0.39, 0.29) is 24.9 Å². The fourth-order valence-electron chi connectivity index (χ4n) is 4.61. The third-order valence-corrected chi connectivity index (χ3v) is 5.88. The molecule has 1 saturated carbocycles. The predicted molar refractivity (Wildman–Crippen MR) is 123 cm³/mol. The number of fused-ring (bicyclic) bond motifs is 1. The number of nitrogens with one attached hydrogen (secondary N) is 1. The molecule has 1 heterocycles. The molecule has 0 aromatic heterocycles. The normalized spacial score (nSPS) is 18.8. The van der Waals surface area contributed by atoms with E-state index in [0.29, 0.717) is 17.3 Å². The summed E-state index contributed by atoms with van der Waals surface area (Å²) in [6.07, 6.45) is 7.63. The first-order chi connectivity index (χ1) is 14.5. The Morgan fingerprint density at radius 3 is 2.48 bits per heavy atom. The molecule has 170 valence electrons. The summed E-state index contributed by atoms with van der Waals surface area (Å²) < 4.78 is 19.8. The maximum Gasteiger partial charge on any atom is 0.410 e. The van der Waals surface area contributed by atoms with Crippen LogP contribution in [0.25, 0.3) is 0 Å². The summed E-state index contributed by atoms with van der Waals surface area (Å²) >= 11 is 0. The van der Waals surface area contributed by atoms with Crippen LogP contribution in [0.4, 0.5) is 14.9 Å². The van der Waals surface area contributed by atoms with Crippen molar-refractivity contribution < 1.29 is 13.9 Å². The van der Waals surface area contributed by atoms with Gasteiger partial charge in [-0.15, -0.1) is 0 Å². The van der Waals surface area contributed by atoms with Crippen LogP contribution in [-0.2, 0) is 11.3 Å². The molecule has 3 rings (SSSR count). The van der Waals surface area contributed by atoms with Crippen LogP contribution in [0.1, 0.15) is 72.3 Å². The lowest BCUT2D eigenvalue weighted by atomic mass is 9.82. The zero-order valence-corrected chi connectivity index (χ0v) is 19.5. The van der Waals surface area contributed by atoms with E-state index >= 15 is 0 Å². The van der Waals surface area contributed by atoms with Crippen LogP contribution in [0, 0.1) is 17.1 Å². The number of anilines is 1. The van der Waals surface area contributed by atoms with Gasteiger partial charge in [0.1, 0.15) is 17.3 Å². The lowest BCUT2D eigenvalue weighted by Crippen LogP contribution is -2.48. The number of amidine groups is 1. The predicted octanol–water partition coefficient (Wildman–Crippen LogP) is 6.28. The second-order valence-electron chi connectivity index (χ2n) is 10.1. The summed E-state index contributed by atoms with van der Waals surface area (Å²) in [5.41, 5.74) is 2.07. The minimum atomic E-state index is -0.636. The second-order valence-corrected chi connectivity index (χ2v) is 10.1. The van der Waals surface area contributed by atoms with Crippen LogP contribution in [0.2, 0.25) is 0 Å². The lowest BCUT2D eigenvalue weighted by Gasteiger charge is -2.39. The van der Waals surface area contributed by atoms with Crippen molar-refractivity contribution in [2.45, 2.75) is 84.9 Å². The van der Waals surface area contributed by atoms with Gasteiger partial charge in [0.05, 0.1) is 19.1 Å². The van der Waals surface area contributed by atoms with E-state index in [2.05, 4.69) is 19.9 Å². The summed E-state index contributed by atoms with van der Waals surface area (Å²) in [7, 11) is 0. The summed E-state index contributed by atoms with van der Waals surface area (Å²) in [5, 5.41) is 8.97. The zero-order chi connectivity index (χ0) is 22.8. The molecule has 1 fully saturated rings. The molecule has 1 atom stereocenters. The van der Waals surface area contributed by atoms with Crippen LogP contribution in [0.5, 0.6) is 0 Å². The average Bonchev–Trinajstić information content (AvgIpc) is 2.81. The standard InChI is InChI=1S/C25H36FN3O2/c1-17(2)13-22(18-9-7-6-8-10-18)29-21-12-11-20(26)14-19(21)15-28(16-23(29)27)24(30)31-25(3,4)5/h11-14,18,22,27H,6-10,15-16H2,1-5H3. The van der Waals surface area contributed by atoms with Gasteiger partial charge in [0, 0.05) is 5.69 Å². The van der Waals surface area contributed by atoms with E-state index in [9.17, 15) is 9.18 Å². The molecule has 1 aliphatic carbocycles. The largest absolute Gasteiger partial charge is 0.444 e. The minimum Gasteiger partial charge on any atom is -0.444 e. The maximum absolute atomic E-state index is 14.2. The number of allylic oxidation sites excluding steroid dienone is 1. The molecule has 2 aliphatic rings. The van der Waals surface area contributed by atoms with E-state index in [0.717, 1.165) is 18.5 Å². The number of hydrogen-bond acceptors (Lipinski definition) is 3. The van der Waals surface area contributed by atoms with Crippen LogP contribution < -0.4 is 4.90 Å². The van der Waals surface area contributed by atoms with Crippen molar-refractivity contribution in [1.29, 1.82) is 5.41 Å². The molecule has 0 spiro atoms. The van der Waals surface area contributed by atoms with Crippen LogP contribution in [0.3, 0.4) is 0 Å². The van der Waals surface area contributed by atoms with Gasteiger partial charge in [0.25, 0.3) is 0 Å². The molecule has 1 aromatic carbocycles. The first-order valence-electron chi connectivity index (χ1n) is 11.3. The van der Waals surface area contributed by atoms with E-state index < -0.39 is 11.7 Å². The summed E-state index contributed by atoms with van der Waals surface area (Å²) in [5.74, 6) is 0.423. The Labute approximate surface area is 185 Å².